The summed E-state index contributed by atoms with van der Waals surface area (Å²) in [4.78, 5) is 11.3. The number of rotatable bonds is 0. The van der Waals surface area contributed by atoms with E-state index in [1.54, 1.807) is 0 Å². The zero-order chi connectivity index (χ0) is 9.54. The minimum absolute atomic E-state index is 0.334. The second kappa shape index (κ2) is 2.51. The molecule has 0 bridgehead atoms. The van der Waals surface area contributed by atoms with Gasteiger partial charge in [-0.05, 0) is 6.07 Å². The maximum Gasteiger partial charge on any atom is 0.331 e. The first-order valence-electron chi connectivity index (χ1n) is 4.28. The van der Waals surface area contributed by atoms with E-state index in [9.17, 15) is 4.79 Å². The third-order valence-corrected chi connectivity index (χ3v) is 2.28. The van der Waals surface area contributed by atoms with Crippen LogP contribution in [0.3, 0.4) is 0 Å². The maximum atomic E-state index is 11.3. The second-order valence-corrected chi connectivity index (χ2v) is 3.11. The van der Waals surface area contributed by atoms with Gasteiger partial charge in [-0.3, -0.25) is 4.79 Å². The van der Waals surface area contributed by atoms with E-state index in [1.807, 2.05) is 24.3 Å². The molecule has 3 rings (SSSR count). The molecule has 2 aromatic rings. The van der Waals surface area contributed by atoms with Gasteiger partial charge < -0.3 is 4.42 Å². The van der Waals surface area contributed by atoms with Gasteiger partial charge >= 0.3 is 5.91 Å². The maximum absolute atomic E-state index is 11.3. The highest BCUT2D eigenvalue weighted by atomic mass is 16.3. The summed E-state index contributed by atoms with van der Waals surface area (Å²) in [6.07, 6.45) is 0. The third-order valence-electron chi connectivity index (χ3n) is 2.28. The van der Waals surface area contributed by atoms with Gasteiger partial charge in [0.25, 0.3) is 0 Å². The number of carbonyl (C=O) groups excluding carboxylic acids is 1. The molecule has 0 atom stereocenters. The first kappa shape index (κ1) is 7.44. The highest BCUT2D eigenvalue weighted by Gasteiger charge is 2.22. The smallest absolute Gasteiger partial charge is 0.331 e. The Balaban J connectivity index is 2.41. The van der Waals surface area contributed by atoms with Gasteiger partial charge in [-0.2, -0.15) is 5.11 Å². The molecular weight excluding hydrogens is 180 g/mol. The van der Waals surface area contributed by atoms with Crippen molar-refractivity contribution >= 4 is 16.9 Å². The quantitative estimate of drug-likeness (QED) is 0.634. The molecule has 1 amide bonds. The number of amides is 1. The molecule has 0 saturated carbocycles. The summed E-state index contributed by atoms with van der Waals surface area (Å²) in [6.45, 7) is 0.429. The van der Waals surface area contributed by atoms with Gasteiger partial charge in [0.1, 0.15) is 5.58 Å². The Morgan fingerprint density at radius 3 is 3.07 bits per heavy atom. The number of azo groups is 1. The Morgan fingerprint density at radius 1 is 1.29 bits per heavy atom. The van der Waals surface area contributed by atoms with E-state index in [-0.39, 0.29) is 5.91 Å². The lowest BCUT2D eigenvalue weighted by molar-refractivity contribution is 0.0962. The molecule has 0 saturated heterocycles. The molecule has 1 aromatic heterocycles. The van der Waals surface area contributed by atoms with E-state index in [4.69, 9.17) is 4.42 Å². The lowest BCUT2D eigenvalue weighted by Crippen LogP contribution is -2.01. The summed E-state index contributed by atoms with van der Waals surface area (Å²) >= 11 is 0. The first-order valence-corrected chi connectivity index (χ1v) is 4.28. The number of hydrogen-bond acceptors (Lipinski definition) is 3. The Hall–Kier alpha value is -1.97. The average Bonchev–Trinajstić information content (AvgIpc) is 2.59. The van der Waals surface area contributed by atoms with Crippen molar-refractivity contribution in [3.63, 3.8) is 0 Å². The van der Waals surface area contributed by atoms with Gasteiger partial charge in [0.05, 0.1) is 6.54 Å². The lowest BCUT2D eigenvalue weighted by atomic mass is 10.1. The fourth-order valence-corrected chi connectivity index (χ4v) is 1.64. The molecule has 0 spiro atoms. The number of nitrogens with zero attached hydrogens (tertiary/aromatic N) is 2. The zero-order valence-electron chi connectivity index (χ0n) is 7.23. The van der Waals surface area contributed by atoms with Crippen LogP contribution in [-0.4, -0.2) is 5.91 Å². The number of fused-ring (bicyclic) bond motifs is 3. The van der Waals surface area contributed by atoms with Gasteiger partial charge in [0.2, 0.25) is 5.76 Å². The SMILES string of the molecule is O=C1N=NCc2c1oc1ccccc21. The van der Waals surface area contributed by atoms with Crippen molar-refractivity contribution < 1.29 is 9.21 Å². The van der Waals surface area contributed by atoms with Gasteiger partial charge in [-0.15, -0.1) is 5.11 Å². The van der Waals surface area contributed by atoms with E-state index in [1.165, 1.54) is 0 Å². The summed E-state index contributed by atoms with van der Waals surface area (Å²) in [5, 5.41) is 8.15. The number of para-hydroxylation sites is 1. The van der Waals surface area contributed by atoms with E-state index in [0.717, 1.165) is 16.5 Å². The number of hydrogen-bond donors (Lipinski definition) is 0. The Kier molecular flexibility index (Phi) is 1.33. The van der Waals surface area contributed by atoms with Gasteiger partial charge in [-0.1, -0.05) is 18.2 Å². The zero-order valence-corrected chi connectivity index (χ0v) is 7.23. The minimum atomic E-state index is -0.387. The molecule has 0 radical (unpaired) electrons. The van der Waals surface area contributed by atoms with E-state index in [0.29, 0.717) is 12.3 Å². The molecule has 0 fully saturated rings. The molecular formula is C10H6N2O2. The monoisotopic (exact) mass is 186 g/mol. The predicted molar refractivity (Wildman–Crippen MR) is 49.1 cm³/mol. The van der Waals surface area contributed by atoms with Crippen molar-refractivity contribution in [1.82, 2.24) is 0 Å². The van der Waals surface area contributed by atoms with Gasteiger partial charge in [-0.25, -0.2) is 0 Å². The number of carbonyl (C=O) groups is 1. The van der Waals surface area contributed by atoms with Crippen LogP contribution < -0.4 is 0 Å². The second-order valence-electron chi connectivity index (χ2n) is 3.11. The molecule has 1 aliphatic rings. The standard InChI is InChI=1S/C10H6N2O2/c13-10-9-7(5-11-12-10)6-3-1-2-4-8(6)14-9/h1-4H,5H2. The summed E-state index contributed by atoms with van der Waals surface area (Å²) in [7, 11) is 0. The molecule has 1 aromatic carbocycles. The van der Waals surface area contributed by atoms with Crippen LogP contribution in [0.25, 0.3) is 11.0 Å². The van der Waals surface area contributed by atoms with Crippen LogP contribution in [0.2, 0.25) is 0 Å². The predicted octanol–water partition coefficient (Wildman–Crippen LogP) is 2.54. The largest absolute Gasteiger partial charge is 0.450 e. The van der Waals surface area contributed by atoms with E-state index < -0.39 is 0 Å². The topological polar surface area (TPSA) is 54.9 Å². The molecule has 4 nitrogen and oxygen atoms in total. The molecule has 0 aliphatic carbocycles. The Morgan fingerprint density at radius 2 is 2.14 bits per heavy atom. The summed E-state index contributed by atoms with van der Waals surface area (Å²) in [5.41, 5.74) is 1.57. The molecule has 4 heteroatoms. The third kappa shape index (κ3) is 0.849. The highest BCUT2D eigenvalue weighted by molar-refractivity contribution is 5.99. The van der Waals surface area contributed by atoms with Crippen molar-refractivity contribution in [2.24, 2.45) is 10.2 Å². The van der Waals surface area contributed by atoms with Crippen LogP contribution in [0.15, 0.2) is 38.9 Å². The van der Waals surface area contributed by atoms with Crippen molar-refractivity contribution in [3.8, 4) is 0 Å². The Labute approximate surface area is 79.2 Å². The van der Waals surface area contributed by atoms with Crippen LogP contribution in [0.4, 0.5) is 0 Å². The van der Waals surface area contributed by atoms with Crippen LogP contribution in [0, 0.1) is 0 Å². The molecule has 0 unspecified atom stereocenters. The highest BCUT2D eigenvalue weighted by Crippen LogP contribution is 2.29. The van der Waals surface area contributed by atoms with Crippen LogP contribution in [0.5, 0.6) is 0 Å². The molecule has 68 valence electrons. The first-order chi connectivity index (χ1) is 6.86. The van der Waals surface area contributed by atoms with E-state index >= 15 is 0 Å². The fourth-order valence-electron chi connectivity index (χ4n) is 1.64. The van der Waals surface area contributed by atoms with E-state index in [2.05, 4.69) is 10.2 Å². The van der Waals surface area contributed by atoms with Crippen LogP contribution in [-0.2, 0) is 6.54 Å². The van der Waals surface area contributed by atoms with Gasteiger partial charge in [0.15, 0.2) is 0 Å². The summed E-state index contributed by atoms with van der Waals surface area (Å²) in [5.74, 6) is -0.0522. The molecule has 0 N–H and O–H groups in total. The number of benzene rings is 1. The molecule has 2 heterocycles. The van der Waals surface area contributed by atoms with Crippen LogP contribution >= 0.6 is 0 Å². The van der Waals surface area contributed by atoms with Gasteiger partial charge in [0, 0.05) is 10.9 Å². The fraction of sp³-hybridized carbons (Fsp3) is 0.100. The van der Waals surface area contributed by atoms with Crippen molar-refractivity contribution in [3.05, 3.63) is 35.6 Å². The summed E-state index contributed by atoms with van der Waals surface area (Å²) in [6, 6.07) is 7.54. The van der Waals surface area contributed by atoms with Crippen molar-refractivity contribution in [2.45, 2.75) is 6.54 Å². The summed E-state index contributed by atoms with van der Waals surface area (Å²) < 4.78 is 5.40. The number of furan rings is 1. The van der Waals surface area contributed by atoms with Crippen molar-refractivity contribution in [1.29, 1.82) is 0 Å². The normalized spacial score (nSPS) is 14.7. The molecule has 1 aliphatic heterocycles. The Bertz CT molecular complexity index is 554. The average molecular weight is 186 g/mol. The lowest BCUT2D eigenvalue weighted by Gasteiger charge is -1.99. The minimum Gasteiger partial charge on any atom is -0.450 e. The van der Waals surface area contributed by atoms with Crippen LogP contribution in [0.1, 0.15) is 16.1 Å². The van der Waals surface area contributed by atoms with Crippen molar-refractivity contribution in [2.75, 3.05) is 0 Å². The molecule has 14 heavy (non-hydrogen) atoms.